The number of aryl methyl sites for hydroxylation is 3. The molecule has 100 valence electrons. The Labute approximate surface area is 117 Å². The van der Waals surface area contributed by atoms with E-state index in [0.29, 0.717) is 6.61 Å². The highest BCUT2D eigenvalue weighted by molar-refractivity contribution is 7.13. The summed E-state index contributed by atoms with van der Waals surface area (Å²) in [6.45, 7) is 7.95. The van der Waals surface area contributed by atoms with Crippen molar-refractivity contribution in [2.45, 2.75) is 34.3 Å². The fraction of sp³-hybridized carbons (Fsp3) is 0.333. The van der Waals surface area contributed by atoms with E-state index >= 15 is 0 Å². The molecule has 0 unspecified atom stereocenters. The smallest absolute Gasteiger partial charge is 0.171 e. The van der Waals surface area contributed by atoms with E-state index in [1.165, 1.54) is 22.5 Å². The van der Waals surface area contributed by atoms with Crippen LogP contribution in [-0.4, -0.2) is 10.8 Å². The first-order chi connectivity index (χ1) is 8.97. The summed E-state index contributed by atoms with van der Waals surface area (Å²) in [4.78, 5) is 16.4. The zero-order chi connectivity index (χ0) is 14.0. The third kappa shape index (κ3) is 3.20. The Hall–Kier alpha value is -1.68. The molecule has 1 aromatic carbocycles. The monoisotopic (exact) mass is 275 g/mol. The van der Waals surface area contributed by atoms with Crippen LogP contribution >= 0.6 is 11.3 Å². The molecular formula is C15H17NO2S. The van der Waals surface area contributed by atoms with Gasteiger partial charge in [0.05, 0.1) is 10.6 Å². The third-order valence-electron chi connectivity index (χ3n) is 3.00. The van der Waals surface area contributed by atoms with Crippen LogP contribution < -0.4 is 4.74 Å². The lowest BCUT2D eigenvalue weighted by molar-refractivity contribution is 0.102. The lowest BCUT2D eigenvalue weighted by Crippen LogP contribution is -1.95. The molecule has 2 rings (SSSR count). The van der Waals surface area contributed by atoms with Crippen LogP contribution in [0.5, 0.6) is 5.75 Å². The number of hydrogen-bond acceptors (Lipinski definition) is 4. The normalized spacial score (nSPS) is 10.5. The SMILES string of the molecule is CC(=O)c1sc(COc2ccc(C)c(C)c2)nc1C. The summed E-state index contributed by atoms with van der Waals surface area (Å²) in [5, 5.41) is 0.834. The number of thiazole rings is 1. The molecule has 1 aromatic heterocycles. The van der Waals surface area contributed by atoms with Gasteiger partial charge in [0.2, 0.25) is 0 Å². The van der Waals surface area contributed by atoms with Crippen LogP contribution in [0.1, 0.15) is 38.4 Å². The number of ether oxygens (including phenoxy) is 1. The summed E-state index contributed by atoms with van der Waals surface area (Å²) in [5.41, 5.74) is 3.24. The molecule has 4 heteroatoms. The zero-order valence-electron chi connectivity index (χ0n) is 11.6. The maximum absolute atomic E-state index is 11.4. The second-order valence-corrected chi connectivity index (χ2v) is 5.70. The average Bonchev–Trinajstić information content (AvgIpc) is 2.72. The molecule has 0 aliphatic heterocycles. The van der Waals surface area contributed by atoms with Crippen LogP contribution in [0.2, 0.25) is 0 Å². The Balaban J connectivity index is 2.08. The van der Waals surface area contributed by atoms with E-state index < -0.39 is 0 Å². The van der Waals surface area contributed by atoms with Gasteiger partial charge < -0.3 is 4.74 Å². The van der Waals surface area contributed by atoms with Crippen LogP contribution in [0, 0.1) is 20.8 Å². The largest absolute Gasteiger partial charge is 0.486 e. The number of carbonyl (C=O) groups excluding carboxylic acids is 1. The molecule has 0 atom stereocenters. The van der Waals surface area contributed by atoms with Crippen LogP contribution in [0.4, 0.5) is 0 Å². The second-order valence-electron chi connectivity index (χ2n) is 4.61. The minimum atomic E-state index is 0.0624. The minimum Gasteiger partial charge on any atom is -0.486 e. The van der Waals surface area contributed by atoms with E-state index in [9.17, 15) is 4.79 Å². The summed E-state index contributed by atoms with van der Waals surface area (Å²) in [7, 11) is 0. The molecule has 0 amide bonds. The highest BCUT2D eigenvalue weighted by Gasteiger charge is 2.11. The van der Waals surface area contributed by atoms with Crippen LogP contribution in [-0.2, 0) is 6.61 Å². The van der Waals surface area contributed by atoms with Gasteiger partial charge in [0, 0.05) is 6.92 Å². The van der Waals surface area contributed by atoms with Gasteiger partial charge in [-0.3, -0.25) is 4.79 Å². The average molecular weight is 275 g/mol. The highest BCUT2D eigenvalue weighted by atomic mass is 32.1. The highest BCUT2D eigenvalue weighted by Crippen LogP contribution is 2.22. The van der Waals surface area contributed by atoms with Gasteiger partial charge in [-0.05, 0) is 44.0 Å². The molecular weight excluding hydrogens is 258 g/mol. The van der Waals surface area contributed by atoms with Crippen molar-refractivity contribution >= 4 is 17.1 Å². The van der Waals surface area contributed by atoms with E-state index in [1.807, 2.05) is 25.1 Å². The molecule has 0 spiro atoms. The first kappa shape index (κ1) is 13.7. The van der Waals surface area contributed by atoms with Gasteiger partial charge in [0.15, 0.2) is 5.78 Å². The quantitative estimate of drug-likeness (QED) is 0.796. The number of carbonyl (C=O) groups is 1. The summed E-state index contributed by atoms with van der Waals surface area (Å²) in [5.74, 6) is 0.896. The fourth-order valence-electron chi connectivity index (χ4n) is 1.79. The Morgan fingerprint density at radius 3 is 2.58 bits per heavy atom. The molecule has 0 aliphatic rings. The Kier molecular flexibility index (Phi) is 4.00. The van der Waals surface area contributed by atoms with Crippen molar-refractivity contribution in [2.75, 3.05) is 0 Å². The lowest BCUT2D eigenvalue weighted by atomic mass is 10.1. The van der Waals surface area contributed by atoms with E-state index in [0.717, 1.165) is 21.3 Å². The van der Waals surface area contributed by atoms with Gasteiger partial charge in [-0.2, -0.15) is 0 Å². The molecule has 2 aromatic rings. The van der Waals surface area contributed by atoms with Gasteiger partial charge in [-0.25, -0.2) is 4.98 Å². The van der Waals surface area contributed by atoms with Crippen molar-refractivity contribution in [3.63, 3.8) is 0 Å². The first-order valence-corrected chi connectivity index (χ1v) is 6.96. The van der Waals surface area contributed by atoms with Crippen LogP contribution in [0.25, 0.3) is 0 Å². The van der Waals surface area contributed by atoms with E-state index in [-0.39, 0.29) is 5.78 Å². The van der Waals surface area contributed by atoms with E-state index in [1.54, 1.807) is 6.92 Å². The van der Waals surface area contributed by atoms with Gasteiger partial charge in [-0.15, -0.1) is 11.3 Å². The number of Topliss-reactive ketones (excluding diaryl/α,β-unsaturated/α-hetero) is 1. The summed E-state index contributed by atoms with van der Waals surface area (Å²) >= 11 is 1.41. The number of nitrogens with zero attached hydrogens (tertiary/aromatic N) is 1. The number of benzene rings is 1. The summed E-state index contributed by atoms with van der Waals surface area (Å²) in [6.07, 6.45) is 0. The molecule has 0 N–H and O–H groups in total. The predicted octanol–water partition coefficient (Wildman–Crippen LogP) is 3.85. The Morgan fingerprint density at radius 1 is 1.26 bits per heavy atom. The van der Waals surface area contributed by atoms with Crippen LogP contribution in [0.3, 0.4) is 0 Å². The lowest BCUT2D eigenvalue weighted by Gasteiger charge is -2.06. The molecule has 0 saturated heterocycles. The predicted molar refractivity (Wildman–Crippen MR) is 77.1 cm³/mol. The topological polar surface area (TPSA) is 39.2 Å². The number of rotatable bonds is 4. The van der Waals surface area contributed by atoms with Gasteiger partial charge >= 0.3 is 0 Å². The summed E-state index contributed by atoms with van der Waals surface area (Å²) < 4.78 is 5.71. The number of aromatic nitrogens is 1. The van der Waals surface area contributed by atoms with Crippen molar-refractivity contribution in [3.05, 3.63) is 44.9 Å². The molecule has 0 aliphatic carbocycles. The van der Waals surface area contributed by atoms with Crippen molar-refractivity contribution in [3.8, 4) is 5.75 Å². The molecule has 3 nitrogen and oxygen atoms in total. The van der Waals surface area contributed by atoms with E-state index in [2.05, 4.69) is 18.8 Å². The number of ketones is 1. The standard InChI is InChI=1S/C15H17NO2S/c1-9-5-6-13(7-10(9)2)18-8-14-16-11(3)15(19-14)12(4)17/h5-7H,8H2,1-4H3. The maximum atomic E-state index is 11.4. The minimum absolute atomic E-state index is 0.0624. The van der Waals surface area contributed by atoms with Crippen LogP contribution in [0.15, 0.2) is 18.2 Å². The molecule has 0 radical (unpaired) electrons. The third-order valence-corrected chi connectivity index (χ3v) is 4.23. The molecule has 1 heterocycles. The second kappa shape index (κ2) is 5.53. The maximum Gasteiger partial charge on any atom is 0.171 e. The van der Waals surface area contributed by atoms with Gasteiger partial charge in [0.25, 0.3) is 0 Å². The van der Waals surface area contributed by atoms with Gasteiger partial charge in [-0.1, -0.05) is 6.07 Å². The fourth-order valence-corrected chi connectivity index (χ4v) is 2.66. The van der Waals surface area contributed by atoms with Crippen molar-refractivity contribution in [2.24, 2.45) is 0 Å². The van der Waals surface area contributed by atoms with Gasteiger partial charge in [0.1, 0.15) is 17.4 Å². The molecule has 0 saturated carbocycles. The zero-order valence-corrected chi connectivity index (χ0v) is 12.4. The Morgan fingerprint density at radius 2 is 2.00 bits per heavy atom. The molecule has 0 fully saturated rings. The number of hydrogen-bond donors (Lipinski definition) is 0. The van der Waals surface area contributed by atoms with Crippen molar-refractivity contribution in [1.82, 2.24) is 4.98 Å². The van der Waals surface area contributed by atoms with E-state index in [4.69, 9.17) is 4.74 Å². The Bertz CT molecular complexity index is 617. The van der Waals surface area contributed by atoms with Crippen molar-refractivity contribution in [1.29, 1.82) is 0 Å². The first-order valence-electron chi connectivity index (χ1n) is 6.14. The molecule has 19 heavy (non-hydrogen) atoms. The van der Waals surface area contributed by atoms with Crippen molar-refractivity contribution < 1.29 is 9.53 Å². The summed E-state index contributed by atoms with van der Waals surface area (Å²) in [6, 6.07) is 6.01. The molecule has 0 bridgehead atoms.